The van der Waals surface area contributed by atoms with Crippen LogP contribution in [0.15, 0.2) is 47.6 Å². The van der Waals surface area contributed by atoms with E-state index in [9.17, 15) is 8.78 Å². The fourth-order valence-corrected chi connectivity index (χ4v) is 1.95. The van der Waals surface area contributed by atoms with Crippen LogP contribution in [0.3, 0.4) is 0 Å². The molecule has 0 fully saturated rings. The summed E-state index contributed by atoms with van der Waals surface area (Å²) in [6, 6.07) is 11.7. The van der Waals surface area contributed by atoms with Crippen molar-refractivity contribution in [2.75, 3.05) is 12.0 Å². The number of hydrogen-bond donors (Lipinski definition) is 1. The average Bonchev–Trinajstić information content (AvgIpc) is 2.52. The molecule has 4 nitrogen and oxygen atoms in total. The van der Waals surface area contributed by atoms with Crippen molar-refractivity contribution in [2.45, 2.75) is 13.5 Å². The van der Waals surface area contributed by atoms with Crippen molar-refractivity contribution in [1.82, 2.24) is 0 Å². The quantitative estimate of drug-likeness (QED) is 0.582. The smallest absolute Gasteiger partial charge is 0.387 e. The number of ether oxygens (including phenoxy) is 2. The highest BCUT2D eigenvalue weighted by molar-refractivity contribution is 6.30. The van der Waals surface area contributed by atoms with Gasteiger partial charge < -0.3 is 9.47 Å². The van der Waals surface area contributed by atoms with E-state index >= 15 is 0 Å². The molecule has 0 unspecified atom stereocenters. The summed E-state index contributed by atoms with van der Waals surface area (Å²) in [5.41, 5.74) is 3.86. The van der Waals surface area contributed by atoms with Crippen molar-refractivity contribution in [3.63, 3.8) is 0 Å². The summed E-state index contributed by atoms with van der Waals surface area (Å²) < 4.78 is 35.0. The predicted molar refractivity (Wildman–Crippen MR) is 86.9 cm³/mol. The van der Waals surface area contributed by atoms with E-state index in [4.69, 9.17) is 16.3 Å². The van der Waals surface area contributed by atoms with Gasteiger partial charge in [0.05, 0.1) is 18.5 Å². The van der Waals surface area contributed by atoms with E-state index in [0.717, 1.165) is 0 Å². The van der Waals surface area contributed by atoms with E-state index in [2.05, 4.69) is 15.3 Å². The van der Waals surface area contributed by atoms with Gasteiger partial charge in [-0.2, -0.15) is 13.9 Å². The molecule has 0 aliphatic carbocycles. The maximum Gasteiger partial charge on any atom is 0.387 e. The van der Waals surface area contributed by atoms with Crippen molar-refractivity contribution >= 4 is 23.5 Å². The lowest BCUT2D eigenvalue weighted by Crippen LogP contribution is -2.07. The van der Waals surface area contributed by atoms with Crippen LogP contribution in [0, 0.1) is 0 Å². The van der Waals surface area contributed by atoms with Crippen LogP contribution in [0.2, 0.25) is 5.02 Å². The summed E-state index contributed by atoms with van der Waals surface area (Å²) in [4.78, 5) is 0. The topological polar surface area (TPSA) is 42.8 Å². The SMILES string of the molecule is CCOc1cccc(/C=N\Nc2ccc(Cl)cc2)c1OC(F)F. The average molecular weight is 341 g/mol. The monoisotopic (exact) mass is 340 g/mol. The molecule has 0 radical (unpaired) electrons. The third-order valence-corrected chi connectivity index (χ3v) is 3.01. The molecule has 0 saturated carbocycles. The lowest BCUT2D eigenvalue weighted by atomic mass is 10.2. The lowest BCUT2D eigenvalue weighted by molar-refractivity contribution is -0.0515. The molecular formula is C16H15ClF2N2O2. The molecule has 0 amide bonds. The van der Waals surface area contributed by atoms with Crippen LogP contribution in [0.4, 0.5) is 14.5 Å². The molecule has 2 aromatic rings. The summed E-state index contributed by atoms with van der Waals surface area (Å²) in [5, 5.41) is 4.62. The molecule has 122 valence electrons. The number of anilines is 1. The van der Waals surface area contributed by atoms with Gasteiger partial charge in [0.15, 0.2) is 11.5 Å². The molecule has 23 heavy (non-hydrogen) atoms. The van der Waals surface area contributed by atoms with Crippen LogP contribution in [0.25, 0.3) is 0 Å². The number of benzene rings is 2. The molecule has 2 rings (SSSR count). The second-order valence-electron chi connectivity index (χ2n) is 4.36. The van der Waals surface area contributed by atoms with Crippen LogP contribution in [0.1, 0.15) is 12.5 Å². The molecule has 0 bridgehead atoms. The number of para-hydroxylation sites is 1. The van der Waals surface area contributed by atoms with E-state index in [1.165, 1.54) is 6.21 Å². The number of nitrogens with one attached hydrogen (secondary N) is 1. The highest BCUT2D eigenvalue weighted by Crippen LogP contribution is 2.31. The Balaban J connectivity index is 2.18. The first-order chi connectivity index (χ1) is 11.1. The Morgan fingerprint density at radius 3 is 2.61 bits per heavy atom. The highest BCUT2D eigenvalue weighted by atomic mass is 35.5. The fraction of sp³-hybridized carbons (Fsp3) is 0.188. The summed E-state index contributed by atoms with van der Waals surface area (Å²) in [6.07, 6.45) is 1.38. The van der Waals surface area contributed by atoms with Gasteiger partial charge in [0.25, 0.3) is 0 Å². The normalized spacial score (nSPS) is 11.0. The van der Waals surface area contributed by atoms with Gasteiger partial charge >= 0.3 is 6.61 Å². The molecule has 0 atom stereocenters. The zero-order valence-corrected chi connectivity index (χ0v) is 13.1. The van der Waals surface area contributed by atoms with E-state index in [1.807, 2.05) is 0 Å². The van der Waals surface area contributed by atoms with Gasteiger partial charge in [0, 0.05) is 10.6 Å². The molecule has 1 N–H and O–H groups in total. The summed E-state index contributed by atoms with van der Waals surface area (Å²) in [5.74, 6) is 0.189. The number of alkyl halides is 2. The van der Waals surface area contributed by atoms with Gasteiger partial charge in [0.1, 0.15) is 0 Å². The largest absolute Gasteiger partial charge is 0.490 e. The van der Waals surface area contributed by atoms with Crippen LogP contribution >= 0.6 is 11.6 Å². The first-order valence-corrected chi connectivity index (χ1v) is 7.23. The second-order valence-corrected chi connectivity index (χ2v) is 4.80. The molecule has 0 aliphatic rings. The number of rotatable bonds is 7. The van der Waals surface area contributed by atoms with Crippen molar-refractivity contribution in [3.05, 3.63) is 53.1 Å². The Bertz CT molecular complexity index is 664. The number of nitrogens with zero attached hydrogens (tertiary/aromatic N) is 1. The Hall–Kier alpha value is -2.34. The van der Waals surface area contributed by atoms with Crippen LogP contribution in [-0.4, -0.2) is 19.4 Å². The summed E-state index contributed by atoms with van der Waals surface area (Å²) in [6.45, 7) is -0.855. The van der Waals surface area contributed by atoms with Gasteiger partial charge in [-0.15, -0.1) is 0 Å². The number of halogens is 3. The Labute approximate surface area is 137 Å². The summed E-state index contributed by atoms with van der Waals surface area (Å²) >= 11 is 5.79. The second kappa shape index (κ2) is 8.33. The van der Waals surface area contributed by atoms with Gasteiger partial charge in [-0.05, 0) is 43.3 Å². The first kappa shape index (κ1) is 17.0. The minimum atomic E-state index is -2.95. The highest BCUT2D eigenvalue weighted by Gasteiger charge is 2.14. The van der Waals surface area contributed by atoms with Gasteiger partial charge in [-0.3, -0.25) is 5.43 Å². The van der Waals surface area contributed by atoms with E-state index in [1.54, 1.807) is 49.4 Å². The third-order valence-electron chi connectivity index (χ3n) is 2.76. The van der Waals surface area contributed by atoms with Crippen molar-refractivity contribution in [1.29, 1.82) is 0 Å². The van der Waals surface area contributed by atoms with Crippen LogP contribution < -0.4 is 14.9 Å². The molecule has 2 aromatic carbocycles. The van der Waals surface area contributed by atoms with Gasteiger partial charge in [-0.25, -0.2) is 0 Å². The summed E-state index contributed by atoms with van der Waals surface area (Å²) in [7, 11) is 0. The van der Waals surface area contributed by atoms with Gasteiger partial charge in [0.2, 0.25) is 0 Å². The number of hydrazone groups is 1. The molecule has 0 heterocycles. The molecule has 7 heteroatoms. The lowest BCUT2D eigenvalue weighted by Gasteiger charge is -2.13. The zero-order chi connectivity index (χ0) is 16.7. The molecule has 0 aliphatic heterocycles. The Morgan fingerprint density at radius 1 is 1.22 bits per heavy atom. The Morgan fingerprint density at radius 2 is 1.96 bits per heavy atom. The number of hydrogen-bond acceptors (Lipinski definition) is 4. The molecular weight excluding hydrogens is 326 g/mol. The van der Waals surface area contributed by atoms with Crippen molar-refractivity contribution in [3.8, 4) is 11.5 Å². The third kappa shape index (κ3) is 5.10. The maximum absolute atomic E-state index is 12.6. The minimum Gasteiger partial charge on any atom is -0.490 e. The first-order valence-electron chi connectivity index (χ1n) is 6.85. The fourth-order valence-electron chi connectivity index (χ4n) is 1.82. The predicted octanol–water partition coefficient (Wildman–Crippen LogP) is 4.79. The minimum absolute atomic E-state index is 0.0500. The zero-order valence-electron chi connectivity index (χ0n) is 12.3. The van der Waals surface area contributed by atoms with Crippen LogP contribution in [-0.2, 0) is 0 Å². The molecule has 0 aromatic heterocycles. The van der Waals surface area contributed by atoms with E-state index < -0.39 is 6.61 Å². The molecule has 0 saturated heterocycles. The van der Waals surface area contributed by atoms with Crippen molar-refractivity contribution < 1.29 is 18.3 Å². The van der Waals surface area contributed by atoms with E-state index in [-0.39, 0.29) is 11.5 Å². The van der Waals surface area contributed by atoms with Crippen LogP contribution in [0.5, 0.6) is 11.5 Å². The van der Waals surface area contributed by atoms with Crippen molar-refractivity contribution in [2.24, 2.45) is 5.10 Å². The van der Waals surface area contributed by atoms with E-state index in [0.29, 0.717) is 22.9 Å². The Kier molecular flexibility index (Phi) is 6.17. The van der Waals surface area contributed by atoms with Gasteiger partial charge in [-0.1, -0.05) is 17.7 Å². The maximum atomic E-state index is 12.6. The molecule has 0 spiro atoms. The standard InChI is InChI=1S/C16H15ClF2N2O2/c1-2-22-14-5-3-4-11(15(14)23-16(18)19)10-20-21-13-8-6-12(17)7-9-13/h3-10,16,21H,2H2,1H3/b20-10-.